The van der Waals surface area contributed by atoms with Crippen molar-refractivity contribution in [1.82, 2.24) is 4.90 Å². The van der Waals surface area contributed by atoms with E-state index in [-0.39, 0.29) is 31.0 Å². The number of piperidine rings is 1. The van der Waals surface area contributed by atoms with Crippen LogP contribution in [-0.2, 0) is 20.7 Å². The van der Waals surface area contributed by atoms with Gasteiger partial charge in [0.25, 0.3) is 0 Å². The second-order valence-electron chi connectivity index (χ2n) is 8.32. The van der Waals surface area contributed by atoms with Gasteiger partial charge in [-0.15, -0.1) is 12.4 Å². The Morgan fingerprint density at radius 2 is 1.85 bits per heavy atom. The van der Waals surface area contributed by atoms with Crippen molar-refractivity contribution in [1.29, 1.82) is 0 Å². The number of fused-ring (bicyclic) bond motifs is 2. The summed E-state index contributed by atoms with van der Waals surface area (Å²) in [6.07, 6.45) is 2.67. The van der Waals surface area contributed by atoms with Gasteiger partial charge in [-0.2, -0.15) is 4.99 Å². The van der Waals surface area contributed by atoms with Crippen LogP contribution >= 0.6 is 24.6 Å². The van der Waals surface area contributed by atoms with Crippen LogP contribution in [0.1, 0.15) is 35.2 Å². The number of rotatable bonds is 7. The summed E-state index contributed by atoms with van der Waals surface area (Å²) in [5.74, 6) is -1.17. The molecule has 2 aromatic carbocycles. The standard InChI is InChI=1S/C25H26N2O4S.ClH/c1-27-20-11-12-21(27)23(22(15-20)31-24(28)18-5-3-2-4-6-18)25(29)30-14-13-17-7-9-19(10-8-17)26-16-32;/h2-10,20-23H,11-15H2,1H3;1H/t20-,21?,22+,23?;/m1./s1. The van der Waals surface area contributed by atoms with E-state index >= 15 is 0 Å². The van der Waals surface area contributed by atoms with Gasteiger partial charge in [-0.25, -0.2) is 4.79 Å². The number of ether oxygens (including phenoxy) is 2. The fourth-order valence-corrected chi connectivity index (χ4v) is 4.89. The van der Waals surface area contributed by atoms with E-state index in [1.54, 1.807) is 24.3 Å². The van der Waals surface area contributed by atoms with E-state index in [1.807, 2.05) is 37.4 Å². The number of hydrogen-bond donors (Lipinski definition) is 0. The number of halogens is 1. The van der Waals surface area contributed by atoms with Crippen molar-refractivity contribution in [2.24, 2.45) is 10.9 Å². The molecule has 33 heavy (non-hydrogen) atoms. The van der Waals surface area contributed by atoms with Crippen molar-refractivity contribution in [3.63, 3.8) is 0 Å². The first-order valence-electron chi connectivity index (χ1n) is 10.9. The highest BCUT2D eigenvalue weighted by Gasteiger charge is 2.51. The van der Waals surface area contributed by atoms with Gasteiger partial charge in [0.05, 0.1) is 23.0 Å². The molecular weight excluding hydrogens is 460 g/mol. The van der Waals surface area contributed by atoms with E-state index < -0.39 is 18.0 Å². The quantitative estimate of drug-likeness (QED) is 0.323. The summed E-state index contributed by atoms with van der Waals surface area (Å²) in [5, 5.41) is 2.34. The smallest absolute Gasteiger partial charge is 0.338 e. The molecule has 0 amide bonds. The molecule has 0 saturated carbocycles. The van der Waals surface area contributed by atoms with Gasteiger partial charge < -0.3 is 9.47 Å². The second-order valence-corrected chi connectivity index (χ2v) is 8.50. The number of aliphatic imine (C=N–C) groups is 1. The molecule has 0 aromatic heterocycles. The van der Waals surface area contributed by atoms with Gasteiger partial charge in [0.1, 0.15) is 12.0 Å². The highest BCUT2D eigenvalue weighted by Crippen LogP contribution is 2.40. The minimum absolute atomic E-state index is 0. The number of thiocarbonyl (C=S) groups is 1. The molecule has 2 unspecified atom stereocenters. The number of benzene rings is 2. The Bertz CT molecular complexity index is 1010. The zero-order valence-corrected chi connectivity index (χ0v) is 20.0. The average molecular weight is 487 g/mol. The summed E-state index contributed by atoms with van der Waals surface area (Å²) < 4.78 is 11.5. The minimum atomic E-state index is -0.481. The number of carbonyl (C=O) groups is 2. The average Bonchev–Trinajstić information content (AvgIpc) is 3.04. The molecule has 0 N–H and O–H groups in total. The van der Waals surface area contributed by atoms with Gasteiger partial charge in [0, 0.05) is 24.9 Å². The largest absolute Gasteiger partial charge is 0.465 e. The van der Waals surface area contributed by atoms with E-state index in [0.29, 0.717) is 24.4 Å². The van der Waals surface area contributed by atoms with Crippen LogP contribution < -0.4 is 0 Å². The van der Waals surface area contributed by atoms with Crippen molar-refractivity contribution in [2.45, 2.75) is 43.9 Å². The Labute approximate surface area is 205 Å². The van der Waals surface area contributed by atoms with Crippen LogP contribution in [0.15, 0.2) is 59.6 Å². The lowest BCUT2D eigenvalue weighted by Gasteiger charge is -2.40. The molecule has 2 aromatic rings. The van der Waals surface area contributed by atoms with Crippen LogP contribution in [0.4, 0.5) is 5.69 Å². The first-order valence-corrected chi connectivity index (χ1v) is 11.3. The minimum Gasteiger partial charge on any atom is -0.465 e. The molecule has 0 radical (unpaired) electrons. The number of esters is 2. The van der Waals surface area contributed by atoms with E-state index in [4.69, 9.17) is 9.47 Å². The highest BCUT2D eigenvalue weighted by atomic mass is 35.5. The van der Waals surface area contributed by atoms with Crippen LogP contribution in [0.2, 0.25) is 0 Å². The lowest BCUT2D eigenvalue weighted by Crippen LogP contribution is -2.53. The van der Waals surface area contributed by atoms with Crippen molar-refractivity contribution < 1.29 is 19.1 Å². The van der Waals surface area contributed by atoms with E-state index in [2.05, 4.69) is 27.3 Å². The molecule has 8 heteroatoms. The fourth-order valence-electron chi connectivity index (χ4n) is 4.79. The highest BCUT2D eigenvalue weighted by molar-refractivity contribution is 7.78. The molecule has 0 aliphatic carbocycles. The molecule has 2 aliphatic heterocycles. The SMILES string of the molecule is CN1C2CC[C@@H]1C[C@H](OC(=O)c1ccccc1)C2C(=O)OCCc1ccc(N=C=S)cc1.Cl. The molecule has 6 nitrogen and oxygen atoms in total. The molecule has 2 fully saturated rings. The Morgan fingerprint density at radius 1 is 1.12 bits per heavy atom. The van der Waals surface area contributed by atoms with Crippen LogP contribution in [0, 0.1) is 5.92 Å². The predicted molar refractivity (Wildman–Crippen MR) is 131 cm³/mol. The lowest BCUT2D eigenvalue weighted by molar-refractivity contribution is -0.159. The third-order valence-corrected chi connectivity index (χ3v) is 6.59. The molecule has 4 rings (SSSR count). The summed E-state index contributed by atoms with van der Waals surface area (Å²) in [5.41, 5.74) is 2.27. The zero-order chi connectivity index (χ0) is 22.5. The molecule has 2 heterocycles. The van der Waals surface area contributed by atoms with E-state index in [0.717, 1.165) is 24.1 Å². The maximum absolute atomic E-state index is 13.1. The predicted octanol–water partition coefficient (Wildman–Crippen LogP) is 4.64. The van der Waals surface area contributed by atoms with Gasteiger partial charge in [-0.1, -0.05) is 30.3 Å². The Hall–Kier alpha value is -2.57. The summed E-state index contributed by atoms with van der Waals surface area (Å²) in [6, 6.07) is 16.8. The monoisotopic (exact) mass is 486 g/mol. The number of nitrogens with zero attached hydrogens (tertiary/aromatic N) is 2. The van der Waals surface area contributed by atoms with Crippen molar-refractivity contribution in [3.05, 3.63) is 65.7 Å². The number of carbonyl (C=O) groups excluding carboxylic acids is 2. The van der Waals surface area contributed by atoms with Gasteiger partial charge >= 0.3 is 11.9 Å². The van der Waals surface area contributed by atoms with Crippen molar-refractivity contribution >= 4 is 47.4 Å². The molecule has 4 atom stereocenters. The molecule has 174 valence electrons. The van der Waals surface area contributed by atoms with Gasteiger partial charge in [0.2, 0.25) is 0 Å². The van der Waals surface area contributed by atoms with Crippen LogP contribution in [0.25, 0.3) is 0 Å². The van der Waals surface area contributed by atoms with Gasteiger partial charge in [0.15, 0.2) is 0 Å². The molecule has 2 bridgehead atoms. The lowest BCUT2D eigenvalue weighted by atomic mass is 9.87. The molecule has 2 aliphatic rings. The van der Waals surface area contributed by atoms with E-state index in [1.165, 1.54) is 0 Å². The maximum Gasteiger partial charge on any atom is 0.338 e. The fraction of sp³-hybridized carbons (Fsp3) is 0.400. The number of hydrogen-bond acceptors (Lipinski definition) is 7. The van der Waals surface area contributed by atoms with Crippen LogP contribution in [-0.4, -0.2) is 53.8 Å². The van der Waals surface area contributed by atoms with Crippen molar-refractivity contribution in [3.8, 4) is 0 Å². The van der Waals surface area contributed by atoms with Crippen LogP contribution in [0.3, 0.4) is 0 Å². The maximum atomic E-state index is 13.1. The van der Waals surface area contributed by atoms with Crippen LogP contribution in [0.5, 0.6) is 0 Å². The summed E-state index contributed by atoms with van der Waals surface area (Å²) in [4.78, 5) is 32.0. The topological polar surface area (TPSA) is 68.2 Å². The summed E-state index contributed by atoms with van der Waals surface area (Å²) >= 11 is 4.61. The summed E-state index contributed by atoms with van der Waals surface area (Å²) in [7, 11) is 2.04. The van der Waals surface area contributed by atoms with Crippen molar-refractivity contribution in [2.75, 3.05) is 13.7 Å². The molecular formula is C25H27ClN2O4S. The zero-order valence-electron chi connectivity index (χ0n) is 18.4. The first kappa shape index (κ1) is 25.1. The molecule has 2 saturated heterocycles. The summed E-state index contributed by atoms with van der Waals surface area (Å²) in [6.45, 7) is 0.268. The molecule has 0 spiro atoms. The van der Waals surface area contributed by atoms with Gasteiger partial charge in [-0.3, -0.25) is 9.69 Å². The first-order chi connectivity index (χ1) is 15.6. The normalized spacial score (nSPS) is 23.7. The van der Waals surface area contributed by atoms with Gasteiger partial charge in [-0.05, 0) is 61.9 Å². The Balaban J connectivity index is 0.00000306. The number of isothiocyanates is 1. The Kier molecular flexibility index (Phi) is 8.75. The third-order valence-electron chi connectivity index (χ3n) is 6.50. The van der Waals surface area contributed by atoms with E-state index in [9.17, 15) is 9.59 Å². The third kappa shape index (κ3) is 5.87. The second kappa shape index (κ2) is 11.5. The Morgan fingerprint density at radius 3 is 2.55 bits per heavy atom.